The molecule has 138 valence electrons. The Kier molecular flexibility index (Phi) is 5.52. The van der Waals surface area contributed by atoms with Crippen molar-refractivity contribution in [1.82, 2.24) is 20.2 Å². The molecule has 8 heteroatoms. The van der Waals surface area contributed by atoms with Gasteiger partial charge >= 0.3 is 0 Å². The van der Waals surface area contributed by atoms with Crippen LogP contribution in [0.15, 0.2) is 24.3 Å². The molecule has 1 aromatic carbocycles. The summed E-state index contributed by atoms with van der Waals surface area (Å²) in [5.74, 6) is 1.53. The number of para-hydroxylation sites is 1. The Labute approximate surface area is 152 Å². The molecule has 0 fully saturated rings. The van der Waals surface area contributed by atoms with E-state index in [1.165, 1.54) is 0 Å². The predicted molar refractivity (Wildman–Crippen MR) is 106 cm³/mol. The number of nitrogens with two attached hydrogens (primary N) is 2. The zero-order chi connectivity index (χ0) is 18.5. The number of aromatic amines is 1. The number of H-pyrrole nitrogens is 1. The number of hydrogen-bond acceptors (Lipinski definition) is 7. The van der Waals surface area contributed by atoms with Crippen LogP contribution in [0.1, 0.15) is 37.4 Å². The lowest BCUT2D eigenvalue weighted by atomic mass is 10.1. The van der Waals surface area contributed by atoms with Crippen LogP contribution in [0.4, 0.5) is 17.5 Å². The maximum absolute atomic E-state index is 6.03. The van der Waals surface area contributed by atoms with Gasteiger partial charge in [-0.05, 0) is 30.5 Å². The molecule has 0 radical (unpaired) electrons. The molecule has 0 unspecified atom stereocenters. The number of rotatable bonds is 8. The van der Waals surface area contributed by atoms with E-state index in [0.29, 0.717) is 24.9 Å². The molecule has 0 bridgehead atoms. The van der Waals surface area contributed by atoms with E-state index in [2.05, 4.69) is 44.6 Å². The van der Waals surface area contributed by atoms with Crippen LogP contribution in [0.5, 0.6) is 0 Å². The summed E-state index contributed by atoms with van der Waals surface area (Å²) in [6, 6.07) is 7.76. The fourth-order valence-electron chi connectivity index (χ4n) is 2.70. The van der Waals surface area contributed by atoms with Crippen molar-refractivity contribution < 1.29 is 0 Å². The molecule has 8 nitrogen and oxygen atoms in total. The number of fused-ring (bicyclic) bond motifs is 1. The summed E-state index contributed by atoms with van der Waals surface area (Å²) in [6.45, 7) is 6.12. The zero-order valence-electron chi connectivity index (χ0n) is 15.2. The van der Waals surface area contributed by atoms with Gasteiger partial charge in [-0.3, -0.25) is 5.10 Å². The quantitative estimate of drug-likeness (QED) is 0.310. The first kappa shape index (κ1) is 17.9. The van der Waals surface area contributed by atoms with E-state index >= 15 is 0 Å². The van der Waals surface area contributed by atoms with Gasteiger partial charge in [-0.2, -0.15) is 10.1 Å². The predicted octanol–water partition coefficient (Wildman–Crippen LogP) is 2.43. The van der Waals surface area contributed by atoms with Crippen molar-refractivity contribution in [1.29, 1.82) is 0 Å². The molecule has 0 aliphatic heterocycles. The molecular formula is C18H26N8. The first-order valence-corrected chi connectivity index (χ1v) is 8.87. The van der Waals surface area contributed by atoms with Crippen molar-refractivity contribution in [2.75, 3.05) is 29.5 Å². The highest BCUT2D eigenvalue weighted by molar-refractivity contribution is 5.88. The first-order valence-electron chi connectivity index (χ1n) is 8.87. The Balaban J connectivity index is 1.92. The summed E-state index contributed by atoms with van der Waals surface area (Å²) in [7, 11) is 0. The van der Waals surface area contributed by atoms with E-state index in [1.54, 1.807) is 0 Å². The number of nitrogens with zero attached hydrogens (tertiary/aromatic N) is 3. The Morgan fingerprint density at radius 1 is 1.12 bits per heavy atom. The van der Waals surface area contributed by atoms with Crippen molar-refractivity contribution in [3.05, 3.63) is 35.5 Å². The van der Waals surface area contributed by atoms with E-state index in [9.17, 15) is 0 Å². The highest BCUT2D eigenvalue weighted by atomic mass is 15.2. The second kappa shape index (κ2) is 8.01. The minimum absolute atomic E-state index is 0.282. The van der Waals surface area contributed by atoms with Gasteiger partial charge in [0.1, 0.15) is 5.52 Å². The minimum Gasteiger partial charge on any atom is -0.398 e. The monoisotopic (exact) mass is 354 g/mol. The molecule has 0 saturated carbocycles. The normalized spacial score (nSPS) is 11.2. The lowest BCUT2D eigenvalue weighted by Crippen LogP contribution is -2.12. The van der Waals surface area contributed by atoms with Crippen molar-refractivity contribution in [3.8, 4) is 0 Å². The van der Waals surface area contributed by atoms with Gasteiger partial charge in [-0.15, -0.1) is 0 Å². The molecule has 0 atom stereocenters. The third kappa shape index (κ3) is 3.85. The second-order valence-electron chi connectivity index (χ2n) is 6.51. The largest absolute Gasteiger partial charge is 0.398 e. The molecule has 2 heterocycles. The molecule has 2 aromatic heterocycles. The fourth-order valence-corrected chi connectivity index (χ4v) is 2.70. The molecule has 26 heavy (non-hydrogen) atoms. The third-order valence-electron chi connectivity index (χ3n) is 4.17. The molecule has 0 spiro atoms. The number of anilines is 3. The average Bonchev–Trinajstić information content (AvgIpc) is 3.05. The summed E-state index contributed by atoms with van der Waals surface area (Å²) in [4.78, 5) is 9.23. The number of aromatic nitrogens is 4. The average molecular weight is 354 g/mol. The smallest absolute Gasteiger partial charge is 0.225 e. The summed E-state index contributed by atoms with van der Waals surface area (Å²) >= 11 is 0. The number of nitrogen functional groups attached to an aromatic ring is 1. The van der Waals surface area contributed by atoms with Crippen LogP contribution in [0, 0.1) is 0 Å². The lowest BCUT2D eigenvalue weighted by Gasteiger charge is -2.11. The third-order valence-corrected chi connectivity index (χ3v) is 4.17. The minimum atomic E-state index is 0.282. The summed E-state index contributed by atoms with van der Waals surface area (Å²) < 4.78 is 0. The molecule has 0 aliphatic carbocycles. The Morgan fingerprint density at radius 2 is 1.92 bits per heavy atom. The van der Waals surface area contributed by atoms with Crippen molar-refractivity contribution in [2.24, 2.45) is 5.73 Å². The van der Waals surface area contributed by atoms with E-state index in [0.717, 1.165) is 40.9 Å². The van der Waals surface area contributed by atoms with Gasteiger partial charge < -0.3 is 22.1 Å². The summed E-state index contributed by atoms with van der Waals surface area (Å²) in [6.07, 6.45) is 0.854. The number of nitrogens with one attached hydrogen (secondary N) is 3. The van der Waals surface area contributed by atoms with Gasteiger partial charge in [-0.1, -0.05) is 32.0 Å². The number of benzene rings is 1. The van der Waals surface area contributed by atoms with E-state index < -0.39 is 0 Å². The Bertz CT molecular complexity index is 871. The van der Waals surface area contributed by atoms with E-state index in [-0.39, 0.29) is 5.92 Å². The van der Waals surface area contributed by atoms with Gasteiger partial charge in [0.25, 0.3) is 0 Å². The van der Waals surface area contributed by atoms with Gasteiger partial charge in [-0.25, -0.2) is 4.98 Å². The molecular weight excluding hydrogens is 328 g/mol. The van der Waals surface area contributed by atoms with Crippen LogP contribution in [0.3, 0.4) is 0 Å². The van der Waals surface area contributed by atoms with E-state index in [1.807, 2.05) is 24.3 Å². The highest BCUT2D eigenvalue weighted by Crippen LogP contribution is 2.27. The molecule has 3 rings (SSSR count). The highest BCUT2D eigenvalue weighted by Gasteiger charge is 2.16. The lowest BCUT2D eigenvalue weighted by molar-refractivity contribution is 0.815. The second-order valence-corrected chi connectivity index (χ2v) is 6.51. The first-order chi connectivity index (χ1) is 12.6. The molecule has 0 aliphatic rings. The van der Waals surface area contributed by atoms with Gasteiger partial charge in [0.05, 0.1) is 5.69 Å². The summed E-state index contributed by atoms with van der Waals surface area (Å²) in [5.41, 5.74) is 15.9. The Hall–Kier alpha value is -2.87. The molecule has 0 saturated heterocycles. The van der Waals surface area contributed by atoms with Crippen LogP contribution in [0.2, 0.25) is 0 Å². The van der Waals surface area contributed by atoms with Crippen molar-refractivity contribution >= 4 is 28.5 Å². The van der Waals surface area contributed by atoms with Crippen LogP contribution in [-0.2, 0) is 6.54 Å². The maximum Gasteiger partial charge on any atom is 0.225 e. The van der Waals surface area contributed by atoms with Crippen LogP contribution in [0.25, 0.3) is 11.0 Å². The SMILES string of the molecule is CC(C)c1[nH]nc2c(NCc3ccccc3N)nc(NCCCN)nc12. The molecule has 7 N–H and O–H groups in total. The fraction of sp³-hybridized carbons (Fsp3) is 0.389. The topological polar surface area (TPSA) is 131 Å². The molecule has 3 aromatic rings. The van der Waals surface area contributed by atoms with Gasteiger partial charge in [0.15, 0.2) is 11.3 Å². The number of hydrogen-bond donors (Lipinski definition) is 5. The maximum atomic E-state index is 6.03. The zero-order valence-corrected chi connectivity index (χ0v) is 15.2. The van der Waals surface area contributed by atoms with Crippen molar-refractivity contribution in [2.45, 2.75) is 32.7 Å². The van der Waals surface area contributed by atoms with Gasteiger partial charge in [0.2, 0.25) is 5.95 Å². The van der Waals surface area contributed by atoms with Crippen LogP contribution < -0.4 is 22.1 Å². The van der Waals surface area contributed by atoms with Gasteiger partial charge in [0, 0.05) is 18.8 Å². The van der Waals surface area contributed by atoms with Crippen LogP contribution in [-0.4, -0.2) is 33.3 Å². The standard InChI is InChI=1S/C18H26N8/c1-11(2)14-15-16(26-25-14)17(24-18(23-15)21-9-5-8-19)22-10-12-6-3-4-7-13(12)20/h3-4,6-7,11H,5,8-10,19-20H2,1-2H3,(H,25,26)(H2,21,22,23,24). The van der Waals surface area contributed by atoms with E-state index in [4.69, 9.17) is 11.5 Å². The van der Waals surface area contributed by atoms with Crippen LogP contribution >= 0.6 is 0 Å². The van der Waals surface area contributed by atoms with Crippen molar-refractivity contribution in [3.63, 3.8) is 0 Å². The summed E-state index contributed by atoms with van der Waals surface area (Å²) in [5, 5.41) is 14.1. The molecule has 0 amide bonds. The Morgan fingerprint density at radius 3 is 2.65 bits per heavy atom.